The van der Waals surface area contributed by atoms with Crippen LogP contribution in [0.25, 0.3) is 0 Å². The summed E-state index contributed by atoms with van der Waals surface area (Å²) in [4.78, 5) is 37.6. The van der Waals surface area contributed by atoms with Gasteiger partial charge in [-0.3, -0.25) is 14.4 Å². The van der Waals surface area contributed by atoms with E-state index in [2.05, 4.69) is 17.4 Å². The first-order valence-corrected chi connectivity index (χ1v) is 8.98. The van der Waals surface area contributed by atoms with E-state index >= 15 is 0 Å². The van der Waals surface area contributed by atoms with Crippen LogP contribution in [-0.4, -0.2) is 41.2 Å². The summed E-state index contributed by atoms with van der Waals surface area (Å²) in [7, 11) is 1.53. The second kappa shape index (κ2) is 9.66. The molecule has 0 radical (unpaired) electrons. The number of hydrogen-bond donors (Lipinski definition) is 1. The number of anilines is 1. The lowest BCUT2D eigenvalue weighted by Crippen LogP contribution is -2.35. The Bertz CT molecular complexity index is 796. The average Bonchev–Trinajstić information content (AvgIpc) is 3.04. The van der Waals surface area contributed by atoms with Gasteiger partial charge < -0.3 is 14.7 Å². The molecule has 2 aromatic rings. The van der Waals surface area contributed by atoms with Crippen LogP contribution in [0.1, 0.15) is 47.9 Å². The van der Waals surface area contributed by atoms with Gasteiger partial charge >= 0.3 is 0 Å². The average molecular weight is 371 g/mol. The summed E-state index contributed by atoms with van der Waals surface area (Å²) in [6.45, 7) is 3.70. The molecule has 0 bridgehead atoms. The predicted octanol–water partition coefficient (Wildman–Crippen LogP) is 3.00. The highest BCUT2D eigenvalue weighted by Crippen LogP contribution is 2.11. The first-order chi connectivity index (χ1) is 12.9. The van der Waals surface area contributed by atoms with E-state index in [4.69, 9.17) is 4.52 Å². The van der Waals surface area contributed by atoms with Gasteiger partial charge in [-0.2, -0.15) is 0 Å². The van der Waals surface area contributed by atoms with Crippen LogP contribution in [0.3, 0.4) is 0 Å². The molecule has 0 saturated heterocycles. The fourth-order valence-electron chi connectivity index (χ4n) is 2.61. The molecule has 2 amide bonds. The van der Waals surface area contributed by atoms with Gasteiger partial charge in [-0.05, 0) is 18.9 Å². The summed E-state index contributed by atoms with van der Waals surface area (Å²) in [6.07, 6.45) is 2.20. The Kier molecular flexibility index (Phi) is 7.28. The van der Waals surface area contributed by atoms with Crippen molar-refractivity contribution in [3.05, 3.63) is 47.2 Å². The number of aryl methyl sites for hydroxylation is 2. The molecule has 0 unspecified atom stereocenters. The molecular formula is C20H25N3O4. The second-order valence-electron chi connectivity index (χ2n) is 6.49. The summed E-state index contributed by atoms with van der Waals surface area (Å²) >= 11 is 0. The number of likely N-dealkylation sites (N-methyl/N-ethyl adjacent to an activating group) is 1. The van der Waals surface area contributed by atoms with Crippen LogP contribution < -0.4 is 5.32 Å². The molecule has 0 saturated carbocycles. The number of carbonyl (C=O) groups is 3. The number of benzene rings is 1. The zero-order valence-corrected chi connectivity index (χ0v) is 15.9. The van der Waals surface area contributed by atoms with Crippen molar-refractivity contribution in [1.29, 1.82) is 0 Å². The largest absolute Gasteiger partial charge is 0.360 e. The van der Waals surface area contributed by atoms with E-state index in [9.17, 15) is 14.4 Å². The fraction of sp³-hybridized carbons (Fsp3) is 0.400. The first kappa shape index (κ1) is 20.4. The van der Waals surface area contributed by atoms with E-state index in [0.29, 0.717) is 17.1 Å². The van der Waals surface area contributed by atoms with Crippen molar-refractivity contribution >= 4 is 23.4 Å². The fourth-order valence-corrected chi connectivity index (χ4v) is 2.61. The van der Waals surface area contributed by atoms with Crippen LogP contribution in [0.15, 0.2) is 34.9 Å². The predicted molar refractivity (Wildman–Crippen MR) is 102 cm³/mol. The highest BCUT2D eigenvalue weighted by molar-refractivity contribution is 5.98. The Hall–Kier alpha value is -2.96. The maximum absolute atomic E-state index is 12.2. The molecule has 0 aliphatic rings. The molecule has 7 heteroatoms. The lowest BCUT2D eigenvalue weighted by atomic mass is 10.0. The summed E-state index contributed by atoms with van der Waals surface area (Å²) < 4.78 is 4.86. The van der Waals surface area contributed by atoms with E-state index < -0.39 is 0 Å². The molecule has 0 aliphatic carbocycles. The Labute approximate surface area is 158 Å². The topological polar surface area (TPSA) is 92.5 Å². The van der Waals surface area contributed by atoms with Crippen LogP contribution in [-0.2, 0) is 16.0 Å². The number of carbonyl (C=O) groups excluding carboxylic acids is 3. The number of nitrogens with zero attached hydrogens (tertiary/aromatic N) is 2. The van der Waals surface area contributed by atoms with Crippen molar-refractivity contribution in [3.63, 3.8) is 0 Å². The van der Waals surface area contributed by atoms with Crippen LogP contribution in [0.4, 0.5) is 5.82 Å². The maximum atomic E-state index is 12.2. The second-order valence-corrected chi connectivity index (χ2v) is 6.49. The van der Waals surface area contributed by atoms with Crippen molar-refractivity contribution in [2.75, 3.05) is 18.9 Å². The Balaban J connectivity index is 1.78. The normalized spacial score (nSPS) is 10.5. The smallest absolute Gasteiger partial charge is 0.245 e. The van der Waals surface area contributed by atoms with Crippen molar-refractivity contribution in [2.24, 2.45) is 0 Å². The molecule has 1 aromatic carbocycles. The molecule has 1 N–H and O–H groups in total. The summed E-state index contributed by atoms with van der Waals surface area (Å²) in [5.74, 6) is 0.160. The molecule has 1 heterocycles. The first-order valence-electron chi connectivity index (χ1n) is 8.98. The number of Topliss-reactive ketones (excluding diaryl/α,β-unsaturated/α-hetero) is 1. The molecule has 0 spiro atoms. The van der Waals surface area contributed by atoms with E-state index in [1.54, 1.807) is 25.1 Å². The number of rotatable bonds is 9. The van der Waals surface area contributed by atoms with Crippen molar-refractivity contribution in [2.45, 2.75) is 39.5 Å². The van der Waals surface area contributed by atoms with Gasteiger partial charge in [0, 0.05) is 31.5 Å². The molecule has 27 heavy (non-hydrogen) atoms. The van der Waals surface area contributed by atoms with E-state index in [0.717, 1.165) is 12.8 Å². The van der Waals surface area contributed by atoms with Gasteiger partial charge in [-0.25, -0.2) is 0 Å². The zero-order chi connectivity index (χ0) is 19.8. The highest BCUT2D eigenvalue weighted by atomic mass is 16.5. The Morgan fingerprint density at radius 1 is 1.15 bits per heavy atom. The van der Waals surface area contributed by atoms with Crippen LogP contribution >= 0.6 is 0 Å². The van der Waals surface area contributed by atoms with Crippen LogP contribution in [0, 0.1) is 6.92 Å². The van der Waals surface area contributed by atoms with Crippen molar-refractivity contribution in [1.82, 2.24) is 10.1 Å². The third-order valence-corrected chi connectivity index (χ3v) is 4.08. The summed E-state index contributed by atoms with van der Waals surface area (Å²) in [6, 6.07) is 9.08. The van der Waals surface area contributed by atoms with Gasteiger partial charge in [-0.1, -0.05) is 42.8 Å². The summed E-state index contributed by atoms with van der Waals surface area (Å²) in [5.41, 5.74) is 1.79. The van der Waals surface area contributed by atoms with Gasteiger partial charge in [0.25, 0.3) is 0 Å². The van der Waals surface area contributed by atoms with Gasteiger partial charge in [0.15, 0.2) is 11.6 Å². The van der Waals surface area contributed by atoms with E-state index in [1.165, 1.54) is 17.5 Å². The number of aromatic nitrogens is 1. The molecule has 7 nitrogen and oxygen atoms in total. The third kappa shape index (κ3) is 6.36. The van der Waals surface area contributed by atoms with E-state index in [-0.39, 0.29) is 37.0 Å². The third-order valence-electron chi connectivity index (χ3n) is 4.08. The minimum atomic E-state index is -0.378. The molecule has 0 atom stereocenters. The highest BCUT2D eigenvalue weighted by Gasteiger charge is 2.16. The van der Waals surface area contributed by atoms with Gasteiger partial charge in [-0.15, -0.1) is 0 Å². The molecule has 0 aliphatic heterocycles. The molecule has 2 rings (SSSR count). The van der Waals surface area contributed by atoms with Gasteiger partial charge in [0.2, 0.25) is 11.8 Å². The summed E-state index contributed by atoms with van der Waals surface area (Å²) in [5, 5.41) is 6.21. The van der Waals surface area contributed by atoms with Gasteiger partial charge in [0.1, 0.15) is 5.76 Å². The minimum absolute atomic E-state index is 0.0579. The number of hydrogen-bond acceptors (Lipinski definition) is 5. The Morgan fingerprint density at radius 3 is 2.44 bits per heavy atom. The molecule has 144 valence electrons. The van der Waals surface area contributed by atoms with Crippen molar-refractivity contribution in [3.8, 4) is 0 Å². The number of amides is 2. The molecule has 0 fully saturated rings. The standard InChI is InChI=1S/C20H25N3O4/c1-4-5-15-6-8-16(9-7-15)17(24)10-11-20(26)23(3)13-19(25)21-18-12-14(2)27-22-18/h6-9,12H,4-5,10-11,13H2,1-3H3,(H,21,22,25). The van der Waals surface area contributed by atoms with Crippen LogP contribution in [0.5, 0.6) is 0 Å². The maximum Gasteiger partial charge on any atom is 0.245 e. The van der Waals surface area contributed by atoms with Crippen molar-refractivity contribution < 1.29 is 18.9 Å². The van der Waals surface area contributed by atoms with Gasteiger partial charge in [0.05, 0.1) is 6.54 Å². The lowest BCUT2D eigenvalue weighted by Gasteiger charge is -2.16. The number of ketones is 1. The van der Waals surface area contributed by atoms with E-state index in [1.807, 2.05) is 12.1 Å². The SMILES string of the molecule is CCCc1ccc(C(=O)CCC(=O)N(C)CC(=O)Nc2cc(C)on2)cc1. The van der Waals surface area contributed by atoms with Crippen LogP contribution in [0.2, 0.25) is 0 Å². The minimum Gasteiger partial charge on any atom is -0.360 e. The Morgan fingerprint density at radius 2 is 1.85 bits per heavy atom. The quantitative estimate of drug-likeness (QED) is 0.684. The number of nitrogens with one attached hydrogen (secondary N) is 1. The monoisotopic (exact) mass is 371 g/mol. The molecular weight excluding hydrogens is 346 g/mol. The zero-order valence-electron chi connectivity index (χ0n) is 15.9. The lowest BCUT2D eigenvalue weighted by molar-refractivity contribution is -0.133. The molecule has 1 aromatic heterocycles.